The average Bonchev–Trinajstić information content (AvgIpc) is 2.80. The van der Waals surface area contributed by atoms with Gasteiger partial charge in [0, 0.05) is 4.88 Å². The van der Waals surface area contributed by atoms with Crippen LogP contribution in [-0.4, -0.2) is 31.8 Å². The molecule has 1 N–H and O–H groups in total. The topological polar surface area (TPSA) is 47.6 Å². The molecule has 0 radical (unpaired) electrons. The van der Waals surface area contributed by atoms with Crippen molar-refractivity contribution >= 4 is 17.2 Å². The minimum absolute atomic E-state index is 0.0944. The molecular formula is C10H13NO3S. The first-order valence-electron chi connectivity index (χ1n) is 4.86. The maximum absolute atomic E-state index is 11.6. The van der Waals surface area contributed by atoms with E-state index < -0.39 is 6.10 Å². The van der Waals surface area contributed by atoms with Crippen molar-refractivity contribution in [3.63, 3.8) is 0 Å². The fraction of sp³-hybridized carbons (Fsp3) is 0.500. The lowest BCUT2D eigenvalue weighted by atomic mass is 10.3. The van der Waals surface area contributed by atoms with E-state index in [1.54, 1.807) is 11.3 Å². The van der Waals surface area contributed by atoms with Crippen LogP contribution in [0.3, 0.4) is 0 Å². The number of carbonyl (C=O) groups excluding carboxylic acids is 1. The summed E-state index contributed by atoms with van der Waals surface area (Å²) in [7, 11) is 0. The number of hydrogen-bond acceptors (Lipinski definition) is 4. The van der Waals surface area contributed by atoms with Gasteiger partial charge in [-0.25, -0.2) is 0 Å². The van der Waals surface area contributed by atoms with E-state index in [0.717, 1.165) is 4.88 Å². The Hall–Kier alpha value is -0.910. The normalized spacial score (nSPS) is 21.2. The molecule has 0 saturated carbocycles. The monoisotopic (exact) mass is 227 g/mol. The van der Waals surface area contributed by atoms with Gasteiger partial charge < -0.3 is 14.8 Å². The highest BCUT2D eigenvalue weighted by molar-refractivity contribution is 7.09. The van der Waals surface area contributed by atoms with E-state index in [-0.39, 0.29) is 5.91 Å². The molecule has 1 atom stereocenters. The van der Waals surface area contributed by atoms with E-state index in [1.165, 1.54) is 0 Å². The molecule has 1 fully saturated rings. The molecule has 1 aromatic rings. The third-order valence-electron chi connectivity index (χ3n) is 2.13. The predicted octanol–water partition coefficient (Wildman–Crippen LogP) is 0.780. The zero-order chi connectivity index (χ0) is 10.5. The zero-order valence-corrected chi connectivity index (χ0v) is 9.09. The molecule has 1 aliphatic heterocycles. The van der Waals surface area contributed by atoms with E-state index in [1.807, 2.05) is 17.5 Å². The summed E-state index contributed by atoms with van der Waals surface area (Å²) in [6.45, 7) is 2.00. The van der Waals surface area contributed by atoms with Crippen LogP contribution in [0.25, 0.3) is 0 Å². The molecule has 2 heterocycles. The Labute approximate surface area is 92.2 Å². The number of nitrogens with one attached hydrogen (secondary N) is 1. The summed E-state index contributed by atoms with van der Waals surface area (Å²) in [4.78, 5) is 12.7. The molecule has 1 amide bonds. The number of hydrogen-bond donors (Lipinski definition) is 1. The Balaban J connectivity index is 1.76. The van der Waals surface area contributed by atoms with E-state index in [4.69, 9.17) is 9.47 Å². The van der Waals surface area contributed by atoms with E-state index in [2.05, 4.69) is 5.32 Å². The third kappa shape index (κ3) is 3.02. The standard InChI is InChI=1S/C10H13NO3S/c12-10(9-7-13-3-4-14-9)11-6-8-2-1-5-15-8/h1-2,5,9H,3-4,6-7H2,(H,11,12)/t9-/m1/s1. The van der Waals surface area contributed by atoms with Crippen LogP contribution in [-0.2, 0) is 20.8 Å². The molecule has 0 aliphatic carbocycles. The molecule has 0 spiro atoms. The van der Waals surface area contributed by atoms with Crippen molar-refractivity contribution < 1.29 is 14.3 Å². The Morgan fingerprint density at radius 1 is 1.60 bits per heavy atom. The van der Waals surface area contributed by atoms with Crippen molar-refractivity contribution in [3.05, 3.63) is 22.4 Å². The van der Waals surface area contributed by atoms with Gasteiger partial charge in [-0.3, -0.25) is 4.79 Å². The second-order valence-electron chi connectivity index (χ2n) is 3.23. The molecule has 5 heteroatoms. The summed E-state index contributed by atoms with van der Waals surface area (Å²) >= 11 is 1.62. The first kappa shape index (κ1) is 10.6. The highest BCUT2D eigenvalue weighted by atomic mass is 32.1. The second-order valence-corrected chi connectivity index (χ2v) is 4.26. The third-order valence-corrected chi connectivity index (χ3v) is 3.00. The minimum atomic E-state index is -0.446. The Bertz CT molecular complexity index is 306. The molecule has 4 nitrogen and oxygen atoms in total. The largest absolute Gasteiger partial charge is 0.376 e. The van der Waals surface area contributed by atoms with Crippen molar-refractivity contribution in [2.75, 3.05) is 19.8 Å². The molecule has 1 aliphatic rings. The Morgan fingerprint density at radius 2 is 2.53 bits per heavy atom. The lowest BCUT2D eigenvalue weighted by molar-refractivity contribution is -0.147. The maximum atomic E-state index is 11.6. The van der Waals surface area contributed by atoms with Gasteiger partial charge in [0.25, 0.3) is 5.91 Å². The fourth-order valence-corrected chi connectivity index (χ4v) is 1.98. The van der Waals surface area contributed by atoms with Crippen LogP contribution in [0.1, 0.15) is 4.88 Å². The molecule has 2 rings (SSSR count). The fourth-order valence-electron chi connectivity index (χ4n) is 1.34. The molecule has 0 unspecified atom stereocenters. The molecule has 15 heavy (non-hydrogen) atoms. The number of rotatable bonds is 3. The predicted molar refractivity (Wildman–Crippen MR) is 56.7 cm³/mol. The van der Waals surface area contributed by atoms with Crippen LogP contribution in [0.15, 0.2) is 17.5 Å². The summed E-state index contributed by atoms with van der Waals surface area (Å²) in [5, 5.41) is 4.81. The molecule has 1 aromatic heterocycles. The smallest absolute Gasteiger partial charge is 0.251 e. The zero-order valence-electron chi connectivity index (χ0n) is 8.27. The SMILES string of the molecule is O=C(NCc1cccs1)[C@H]1COCCO1. The van der Waals surface area contributed by atoms with Gasteiger partial charge in [0.2, 0.25) is 0 Å². The lowest BCUT2D eigenvalue weighted by Crippen LogP contribution is -2.42. The Morgan fingerprint density at radius 3 is 3.20 bits per heavy atom. The van der Waals surface area contributed by atoms with Gasteiger partial charge in [-0.1, -0.05) is 6.07 Å². The lowest BCUT2D eigenvalue weighted by Gasteiger charge is -2.21. The highest BCUT2D eigenvalue weighted by Crippen LogP contribution is 2.08. The van der Waals surface area contributed by atoms with Gasteiger partial charge in [-0.2, -0.15) is 0 Å². The molecular weight excluding hydrogens is 214 g/mol. The van der Waals surface area contributed by atoms with E-state index >= 15 is 0 Å². The number of amides is 1. The van der Waals surface area contributed by atoms with Crippen LogP contribution in [0, 0.1) is 0 Å². The first-order chi connectivity index (χ1) is 7.36. The van der Waals surface area contributed by atoms with Crippen LogP contribution in [0.5, 0.6) is 0 Å². The van der Waals surface area contributed by atoms with Gasteiger partial charge in [0.1, 0.15) is 0 Å². The van der Waals surface area contributed by atoms with E-state index in [0.29, 0.717) is 26.4 Å². The van der Waals surface area contributed by atoms with Crippen LogP contribution in [0.2, 0.25) is 0 Å². The van der Waals surface area contributed by atoms with E-state index in [9.17, 15) is 4.79 Å². The van der Waals surface area contributed by atoms with Gasteiger partial charge >= 0.3 is 0 Å². The molecule has 0 bridgehead atoms. The molecule has 82 valence electrons. The van der Waals surface area contributed by atoms with Crippen LogP contribution >= 0.6 is 11.3 Å². The van der Waals surface area contributed by atoms with Gasteiger partial charge in [-0.05, 0) is 11.4 Å². The summed E-state index contributed by atoms with van der Waals surface area (Å²) in [6.07, 6.45) is -0.446. The quantitative estimate of drug-likeness (QED) is 0.830. The van der Waals surface area contributed by atoms with Crippen molar-refractivity contribution in [1.82, 2.24) is 5.32 Å². The van der Waals surface area contributed by atoms with Crippen molar-refractivity contribution in [3.8, 4) is 0 Å². The molecule has 1 saturated heterocycles. The van der Waals surface area contributed by atoms with Gasteiger partial charge in [0.15, 0.2) is 6.10 Å². The number of thiophene rings is 1. The first-order valence-corrected chi connectivity index (χ1v) is 5.73. The highest BCUT2D eigenvalue weighted by Gasteiger charge is 2.22. The number of carbonyl (C=O) groups is 1. The average molecular weight is 227 g/mol. The maximum Gasteiger partial charge on any atom is 0.251 e. The summed E-state index contributed by atoms with van der Waals surface area (Å²) in [6, 6.07) is 3.95. The second kappa shape index (κ2) is 5.25. The summed E-state index contributed by atoms with van der Waals surface area (Å²) in [5.41, 5.74) is 0. The minimum Gasteiger partial charge on any atom is -0.376 e. The van der Waals surface area contributed by atoms with Gasteiger partial charge in [0.05, 0.1) is 26.4 Å². The molecule has 0 aromatic carbocycles. The number of ether oxygens (including phenoxy) is 2. The van der Waals surface area contributed by atoms with Crippen molar-refractivity contribution in [2.24, 2.45) is 0 Å². The Kier molecular flexibility index (Phi) is 3.71. The summed E-state index contributed by atoms with van der Waals surface area (Å²) < 4.78 is 10.4. The van der Waals surface area contributed by atoms with Crippen LogP contribution in [0.4, 0.5) is 0 Å². The van der Waals surface area contributed by atoms with Crippen LogP contribution < -0.4 is 5.32 Å². The van der Waals surface area contributed by atoms with Crippen molar-refractivity contribution in [1.29, 1.82) is 0 Å². The van der Waals surface area contributed by atoms with Crippen molar-refractivity contribution in [2.45, 2.75) is 12.6 Å². The summed E-state index contributed by atoms with van der Waals surface area (Å²) in [5.74, 6) is -0.0944. The van der Waals surface area contributed by atoms with Gasteiger partial charge in [-0.15, -0.1) is 11.3 Å².